The molecule has 0 saturated carbocycles. The van der Waals surface area contributed by atoms with Gasteiger partial charge in [0.15, 0.2) is 0 Å². The van der Waals surface area contributed by atoms with E-state index in [0.29, 0.717) is 23.2 Å². The second-order valence-corrected chi connectivity index (χ2v) is 11.2. The summed E-state index contributed by atoms with van der Waals surface area (Å²) in [6.45, 7) is 6.39. The Morgan fingerprint density at radius 1 is 1.05 bits per heavy atom. The van der Waals surface area contributed by atoms with Gasteiger partial charge in [-0.15, -0.1) is 0 Å². The fourth-order valence-electron chi connectivity index (χ4n) is 5.95. The molecule has 40 heavy (non-hydrogen) atoms. The molecule has 0 N–H and O–H groups in total. The van der Waals surface area contributed by atoms with E-state index < -0.39 is 0 Å². The molecule has 1 amide bonds. The zero-order valence-electron chi connectivity index (χ0n) is 23.7. The first-order chi connectivity index (χ1) is 19.4. The highest BCUT2D eigenvalue weighted by Gasteiger charge is 2.29. The van der Waals surface area contributed by atoms with E-state index in [0.717, 1.165) is 79.1 Å². The summed E-state index contributed by atoms with van der Waals surface area (Å²) in [5.41, 5.74) is 8.41. The number of rotatable bonds is 6. The van der Waals surface area contributed by atoms with Crippen LogP contribution in [0.2, 0.25) is 0 Å². The smallest absolute Gasteiger partial charge is 0.258 e. The lowest BCUT2D eigenvalue weighted by atomic mass is 9.87. The number of carbonyl (C=O) groups excluding carboxylic acids is 1. The third-order valence-corrected chi connectivity index (χ3v) is 8.12. The second-order valence-electron chi connectivity index (χ2n) is 11.2. The molecule has 2 aliphatic rings. The Labute approximate surface area is 235 Å². The zero-order valence-corrected chi connectivity index (χ0v) is 23.7. The van der Waals surface area contributed by atoms with E-state index in [1.54, 1.807) is 6.92 Å². The highest BCUT2D eigenvalue weighted by Crippen LogP contribution is 2.42. The molecule has 7 heteroatoms. The molecule has 0 spiro atoms. The van der Waals surface area contributed by atoms with E-state index in [1.165, 1.54) is 11.1 Å². The molecule has 1 atom stereocenters. The lowest BCUT2D eigenvalue weighted by molar-refractivity contribution is 0.0985. The number of aryl methyl sites for hydroxylation is 3. The summed E-state index contributed by atoms with van der Waals surface area (Å²) in [6, 6.07) is 18.6. The largest absolute Gasteiger partial charge is 0.493 e. The fraction of sp³-hybridized carbons (Fsp3) is 0.364. The Balaban J connectivity index is 1.24. The molecule has 0 saturated heterocycles. The summed E-state index contributed by atoms with van der Waals surface area (Å²) < 4.78 is 11.2. The summed E-state index contributed by atoms with van der Waals surface area (Å²) >= 11 is 0. The minimum absolute atomic E-state index is 0.0496. The average molecular weight is 537 g/mol. The van der Waals surface area contributed by atoms with Gasteiger partial charge in [-0.05, 0) is 117 Å². The van der Waals surface area contributed by atoms with Gasteiger partial charge in [0.25, 0.3) is 5.91 Å². The third kappa shape index (κ3) is 5.13. The van der Waals surface area contributed by atoms with Crippen LogP contribution in [0.3, 0.4) is 0 Å². The molecular weight excluding hydrogens is 500 g/mol. The molecule has 3 heterocycles. The highest BCUT2D eigenvalue weighted by atomic mass is 16.5. The summed E-state index contributed by atoms with van der Waals surface area (Å²) in [5.74, 6) is 2.64. The van der Waals surface area contributed by atoms with E-state index in [9.17, 15) is 4.79 Å². The van der Waals surface area contributed by atoms with Crippen molar-refractivity contribution in [2.45, 2.75) is 45.4 Å². The molecule has 0 aliphatic carbocycles. The lowest BCUT2D eigenvalue weighted by Crippen LogP contribution is -2.36. The number of anilines is 1. The Morgan fingerprint density at radius 3 is 2.58 bits per heavy atom. The van der Waals surface area contributed by atoms with Gasteiger partial charge < -0.3 is 19.1 Å². The van der Waals surface area contributed by atoms with Crippen LogP contribution >= 0.6 is 0 Å². The summed E-state index contributed by atoms with van der Waals surface area (Å²) in [4.78, 5) is 22.3. The molecule has 4 aromatic rings. The zero-order chi connectivity index (χ0) is 27.8. The number of amides is 1. The van der Waals surface area contributed by atoms with Gasteiger partial charge in [-0.1, -0.05) is 29.4 Å². The van der Waals surface area contributed by atoms with Crippen molar-refractivity contribution in [2.24, 2.45) is 0 Å². The molecule has 206 valence electrons. The van der Waals surface area contributed by atoms with Gasteiger partial charge in [0.1, 0.15) is 5.75 Å². The average Bonchev–Trinajstić information content (AvgIpc) is 3.40. The van der Waals surface area contributed by atoms with E-state index in [1.807, 2.05) is 35.2 Å². The number of benzene rings is 3. The van der Waals surface area contributed by atoms with Crippen molar-refractivity contribution < 1.29 is 14.1 Å². The molecule has 0 radical (unpaired) electrons. The predicted molar refractivity (Wildman–Crippen MR) is 157 cm³/mol. The van der Waals surface area contributed by atoms with Gasteiger partial charge in [0, 0.05) is 30.3 Å². The minimum atomic E-state index is 0.0496. The SMILES string of the molecule is Cc1nc(-c2ccc(-c3ccc(C(=O)N4CCCc5cc6c(cc54)C(CCN(C)C)CCO6)cc3)c(C)c2)no1. The van der Waals surface area contributed by atoms with Crippen LogP contribution < -0.4 is 9.64 Å². The van der Waals surface area contributed by atoms with Gasteiger partial charge in [0.2, 0.25) is 11.7 Å². The Bertz CT molecular complexity index is 1540. The van der Waals surface area contributed by atoms with Crippen LogP contribution in [-0.4, -0.2) is 54.7 Å². The van der Waals surface area contributed by atoms with Crippen LogP contribution in [0.4, 0.5) is 5.69 Å². The van der Waals surface area contributed by atoms with Crippen LogP contribution in [0.1, 0.15) is 58.1 Å². The minimum Gasteiger partial charge on any atom is -0.493 e. The predicted octanol–water partition coefficient (Wildman–Crippen LogP) is 6.43. The second kappa shape index (κ2) is 10.9. The van der Waals surface area contributed by atoms with Crippen molar-refractivity contribution in [3.8, 4) is 28.3 Å². The Morgan fingerprint density at radius 2 is 1.85 bits per heavy atom. The molecule has 6 rings (SSSR count). The maximum Gasteiger partial charge on any atom is 0.258 e. The van der Waals surface area contributed by atoms with Gasteiger partial charge in [-0.25, -0.2) is 0 Å². The molecule has 0 fully saturated rings. The van der Waals surface area contributed by atoms with Crippen molar-refractivity contribution in [1.82, 2.24) is 15.0 Å². The van der Waals surface area contributed by atoms with Crippen LogP contribution in [0.25, 0.3) is 22.5 Å². The van der Waals surface area contributed by atoms with Gasteiger partial charge in [0.05, 0.1) is 6.61 Å². The number of ether oxygens (including phenoxy) is 1. The van der Waals surface area contributed by atoms with Crippen molar-refractivity contribution in [2.75, 3.05) is 38.7 Å². The van der Waals surface area contributed by atoms with Crippen LogP contribution in [0.5, 0.6) is 5.75 Å². The first-order valence-corrected chi connectivity index (χ1v) is 14.2. The van der Waals surface area contributed by atoms with E-state index >= 15 is 0 Å². The number of nitrogens with zero attached hydrogens (tertiary/aromatic N) is 4. The first kappa shape index (κ1) is 26.3. The number of hydrogen-bond donors (Lipinski definition) is 0. The molecule has 2 aliphatic heterocycles. The van der Waals surface area contributed by atoms with Crippen LogP contribution in [0, 0.1) is 13.8 Å². The Kier molecular flexibility index (Phi) is 7.15. The van der Waals surface area contributed by atoms with Crippen molar-refractivity contribution in [3.63, 3.8) is 0 Å². The van der Waals surface area contributed by atoms with Crippen molar-refractivity contribution in [3.05, 3.63) is 82.7 Å². The maximum absolute atomic E-state index is 13.8. The standard InChI is InChI=1S/C33H36N4O3/c1-21-18-27(32-34-22(2)40-35-32)11-12-28(21)23-7-9-25(10-8-23)33(38)37-15-5-6-26-19-31-29(20-30(26)37)24(14-17-39-31)13-16-36(3)4/h7-12,18-20,24H,5-6,13-17H2,1-4H3. The lowest BCUT2D eigenvalue weighted by Gasteiger charge is -2.34. The van der Waals surface area contributed by atoms with E-state index in [4.69, 9.17) is 9.26 Å². The number of carbonyl (C=O) groups is 1. The molecular formula is C33H36N4O3. The molecule has 1 aromatic heterocycles. The van der Waals surface area contributed by atoms with Crippen molar-refractivity contribution >= 4 is 11.6 Å². The van der Waals surface area contributed by atoms with Gasteiger partial charge >= 0.3 is 0 Å². The fourth-order valence-corrected chi connectivity index (χ4v) is 5.95. The third-order valence-electron chi connectivity index (χ3n) is 8.12. The summed E-state index contributed by atoms with van der Waals surface area (Å²) in [6.07, 6.45) is 4.03. The molecule has 0 bridgehead atoms. The van der Waals surface area contributed by atoms with Crippen LogP contribution in [-0.2, 0) is 6.42 Å². The molecule has 1 unspecified atom stereocenters. The number of aromatic nitrogens is 2. The monoisotopic (exact) mass is 536 g/mol. The molecule has 7 nitrogen and oxygen atoms in total. The normalized spacial score (nSPS) is 16.4. The Hall–Kier alpha value is -3.97. The summed E-state index contributed by atoms with van der Waals surface area (Å²) in [7, 11) is 4.23. The van der Waals surface area contributed by atoms with Crippen LogP contribution in [0.15, 0.2) is 59.1 Å². The first-order valence-electron chi connectivity index (χ1n) is 14.2. The van der Waals surface area contributed by atoms with E-state index in [2.05, 4.69) is 60.3 Å². The highest BCUT2D eigenvalue weighted by molar-refractivity contribution is 6.07. The number of hydrogen-bond acceptors (Lipinski definition) is 6. The topological polar surface area (TPSA) is 71.7 Å². The van der Waals surface area contributed by atoms with E-state index in [-0.39, 0.29) is 5.91 Å². The maximum atomic E-state index is 13.8. The van der Waals surface area contributed by atoms with Gasteiger partial charge in [-0.3, -0.25) is 4.79 Å². The molecule has 3 aromatic carbocycles. The summed E-state index contributed by atoms with van der Waals surface area (Å²) in [5, 5.41) is 4.03. The van der Waals surface area contributed by atoms with Crippen molar-refractivity contribution in [1.29, 1.82) is 0 Å². The van der Waals surface area contributed by atoms with Gasteiger partial charge in [-0.2, -0.15) is 4.98 Å². The quantitative estimate of drug-likeness (QED) is 0.283. The number of fused-ring (bicyclic) bond motifs is 2.